The van der Waals surface area contributed by atoms with Crippen LogP contribution in [0.1, 0.15) is 0 Å². The third kappa shape index (κ3) is 2.54. The second-order valence-electron chi connectivity index (χ2n) is 6.10. The van der Waals surface area contributed by atoms with Crippen LogP contribution in [0.4, 0.5) is 0 Å². The van der Waals surface area contributed by atoms with E-state index in [1.165, 1.54) is 6.07 Å². The van der Waals surface area contributed by atoms with Gasteiger partial charge in [0.15, 0.2) is 17.1 Å². The van der Waals surface area contributed by atoms with Crippen LogP contribution < -0.4 is 4.74 Å². The third-order valence-corrected chi connectivity index (χ3v) is 4.67. The summed E-state index contributed by atoms with van der Waals surface area (Å²) in [5, 5.41) is 20.5. The summed E-state index contributed by atoms with van der Waals surface area (Å²) in [6, 6.07) is 12.3. The summed E-state index contributed by atoms with van der Waals surface area (Å²) in [5.74, 6) is 0.975. The number of aromatic hydroxyl groups is 1. The number of methoxy groups -OCH3 is 1. The van der Waals surface area contributed by atoms with E-state index in [1.54, 1.807) is 53.1 Å². The number of benzene rings is 2. The first-order valence-electron chi connectivity index (χ1n) is 8.36. The van der Waals surface area contributed by atoms with Crippen molar-refractivity contribution in [1.29, 1.82) is 0 Å². The highest BCUT2D eigenvalue weighted by atomic mass is 35.5. The number of rotatable bonds is 3. The highest BCUT2D eigenvalue weighted by Gasteiger charge is 2.16. The summed E-state index contributed by atoms with van der Waals surface area (Å²) in [5.41, 5.74) is 2.58. The molecular weight excluding hydrogens is 380 g/mol. The van der Waals surface area contributed by atoms with Gasteiger partial charge in [0.1, 0.15) is 17.8 Å². The van der Waals surface area contributed by atoms with Crippen molar-refractivity contribution < 1.29 is 9.84 Å². The maximum atomic E-state index is 10.3. The standard InChI is InChI=1S/C19H13ClN6O2/c1-28-13-6-7-14(16(27)8-13)17-23-19-15-9-22-26(12-4-2-11(20)3-5-12)18(15)21-10-25(19)24-17/h2-10,27H,1H3. The number of hydrogen-bond donors (Lipinski definition) is 1. The van der Waals surface area contributed by atoms with E-state index in [4.69, 9.17) is 16.3 Å². The average Bonchev–Trinajstić information content (AvgIpc) is 3.32. The Balaban J connectivity index is 1.66. The van der Waals surface area contributed by atoms with Crippen LogP contribution in [0.5, 0.6) is 11.5 Å². The van der Waals surface area contributed by atoms with E-state index in [0.717, 1.165) is 11.1 Å². The molecule has 2 aromatic carbocycles. The van der Waals surface area contributed by atoms with Gasteiger partial charge in [0.05, 0.1) is 29.9 Å². The van der Waals surface area contributed by atoms with E-state index in [1.807, 2.05) is 12.1 Å². The molecule has 0 amide bonds. The van der Waals surface area contributed by atoms with E-state index in [-0.39, 0.29) is 5.75 Å². The normalized spacial score (nSPS) is 11.4. The van der Waals surface area contributed by atoms with Gasteiger partial charge >= 0.3 is 0 Å². The van der Waals surface area contributed by atoms with Gasteiger partial charge < -0.3 is 9.84 Å². The van der Waals surface area contributed by atoms with Gasteiger partial charge in [0.2, 0.25) is 0 Å². The number of hydrogen-bond acceptors (Lipinski definition) is 6. The van der Waals surface area contributed by atoms with Crippen LogP contribution in [0.15, 0.2) is 55.0 Å². The van der Waals surface area contributed by atoms with Crippen LogP contribution in [0.25, 0.3) is 33.8 Å². The molecule has 28 heavy (non-hydrogen) atoms. The fraction of sp³-hybridized carbons (Fsp3) is 0.0526. The van der Waals surface area contributed by atoms with E-state index in [2.05, 4.69) is 20.2 Å². The summed E-state index contributed by atoms with van der Waals surface area (Å²) in [4.78, 5) is 9.06. The second kappa shape index (κ2) is 6.21. The first-order valence-corrected chi connectivity index (χ1v) is 8.74. The number of phenols is 1. The molecule has 3 aromatic heterocycles. The number of aromatic nitrogens is 6. The van der Waals surface area contributed by atoms with Crippen LogP contribution in [-0.2, 0) is 0 Å². The minimum Gasteiger partial charge on any atom is -0.507 e. The molecular formula is C19H13ClN6O2. The van der Waals surface area contributed by atoms with Crippen molar-refractivity contribution >= 4 is 28.3 Å². The predicted molar refractivity (Wildman–Crippen MR) is 104 cm³/mol. The number of phenolic OH excluding ortho intramolecular Hbond substituents is 1. The highest BCUT2D eigenvalue weighted by Crippen LogP contribution is 2.31. The number of ether oxygens (including phenoxy) is 1. The molecule has 1 N–H and O–H groups in total. The van der Waals surface area contributed by atoms with Crippen LogP contribution in [0, 0.1) is 0 Å². The first kappa shape index (κ1) is 16.5. The Bertz CT molecular complexity index is 1330. The molecule has 0 unspecified atom stereocenters. The Labute approximate surface area is 163 Å². The largest absolute Gasteiger partial charge is 0.507 e. The van der Waals surface area contributed by atoms with Crippen molar-refractivity contribution in [2.45, 2.75) is 0 Å². The lowest BCUT2D eigenvalue weighted by molar-refractivity contribution is 0.408. The van der Waals surface area contributed by atoms with Crippen LogP contribution in [0.3, 0.4) is 0 Å². The predicted octanol–water partition coefficient (Wildman–Crippen LogP) is 3.50. The molecule has 0 radical (unpaired) electrons. The summed E-state index contributed by atoms with van der Waals surface area (Å²) in [7, 11) is 1.54. The van der Waals surface area contributed by atoms with Crippen molar-refractivity contribution in [3.05, 3.63) is 60.0 Å². The van der Waals surface area contributed by atoms with Gasteiger partial charge in [-0.3, -0.25) is 0 Å². The minimum absolute atomic E-state index is 0.0383. The molecule has 9 heteroatoms. The molecule has 138 valence electrons. The third-order valence-electron chi connectivity index (χ3n) is 4.42. The number of halogens is 1. The van der Waals surface area contributed by atoms with Gasteiger partial charge in [0.25, 0.3) is 0 Å². The smallest absolute Gasteiger partial charge is 0.185 e. The molecule has 0 fully saturated rings. The number of fused-ring (bicyclic) bond motifs is 3. The van der Waals surface area contributed by atoms with Gasteiger partial charge in [0, 0.05) is 11.1 Å². The number of nitrogens with zero attached hydrogens (tertiary/aromatic N) is 6. The lowest BCUT2D eigenvalue weighted by atomic mass is 10.2. The monoisotopic (exact) mass is 392 g/mol. The second-order valence-corrected chi connectivity index (χ2v) is 6.54. The Morgan fingerprint density at radius 3 is 2.64 bits per heavy atom. The van der Waals surface area contributed by atoms with E-state index in [0.29, 0.717) is 33.5 Å². The summed E-state index contributed by atoms with van der Waals surface area (Å²) in [6.07, 6.45) is 3.27. The molecule has 0 aliphatic carbocycles. The van der Waals surface area contributed by atoms with Crippen molar-refractivity contribution in [2.24, 2.45) is 0 Å². The zero-order valence-corrected chi connectivity index (χ0v) is 15.4. The van der Waals surface area contributed by atoms with Crippen molar-refractivity contribution in [1.82, 2.24) is 29.4 Å². The Morgan fingerprint density at radius 2 is 1.89 bits per heavy atom. The fourth-order valence-electron chi connectivity index (χ4n) is 3.03. The van der Waals surface area contributed by atoms with Gasteiger partial charge in [-0.15, -0.1) is 5.10 Å². The Morgan fingerprint density at radius 1 is 1.07 bits per heavy atom. The SMILES string of the molecule is COc1ccc(-c2nc3c4cnn(-c5ccc(Cl)cc5)c4ncn3n2)c(O)c1. The molecule has 0 saturated heterocycles. The van der Waals surface area contributed by atoms with Crippen LogP contribution in [0.2, 0.25) is 5.02 Å². The molecule has 8 nitrogen and oxygen atoms in total. The van der Waals surface area contributed by atoms with Crippen LogP contribution >= 0.6 is 11.6 Å². The molecule has 0 saturated carbocycles. The van der Waals surface area contributed by atoms with Crippen molar-refractivity contribution in [2.75, 3.05) is 7.11 Å². The lowest BCUT2D eigenvalue weighted by Gasteiger charge is -2.03. The molecule has 0 atom stereocenters. The van der Waals surface area contributed by atoms with Gasteiger partial charge in [-0.2, -0.15) is 5.10 Å². The topological polar surface area (TPSA) is 90.4 Å². The van der Waals surface area contributed by atoms with Gasteiger partial charge in [-0.05, 0) is 36.4 Å². The molecule has 3 heterocycles. The average molecular weight is 393 g/mol. The summed E-state index contributed by atoms with van der Waals surface area (Å²) >= 11 is 5.97. The summed E-state index contributed by atoms with van der Waals surface area (Å²) < 4.78 is 8.40. The molecule has 0 bridgehead atoms. The highest BCUT2D eigenvalue weighted by molar-refractivity contribution is 6.30. The van der Waals surface area contributed by atoms with Crippen molar-refractivity contribution in [3.8, 4) is 28.6 Å². The molecule has 0 aliphatic rings. The molecule has 5 rings (SSSR count). The quantitative estimate of drug-likeness (QED) is 0.505. The van der Waals surface area contributed by atoms with E-state index < -0.39 is 0 Å². The van der Waals surface area contributed by atoms with Gasteiger partial charge in [-0.1, -0.05) is 11.6 Å². The molecule has 5 aromatic rings. The minimum atomic E-state index is 0.0383. The molecule has 0 aliphatic heterocycles. The first-order chi connectivity index (χ1) is 13.6. The summed E-state index contributed by atoms with van der Waals surface area (Å²) in [6.45, 7) is 0. The van der Waals surface area contributed by atoms with Crippen LogP contribution in [-0.4, -0.2) is 41.6 Å². The zero-order chi connectivity index (χ0) is 19.3. The van der Waals surface area contributed by atoms with E-state index in [9.17, 15) is 5.11 Å². The zero-order valence-electron chi connectivity index (χ0n) is 14.6. The fourth-order valence-corrected chi connectivity index (χ4v) is 3.16. The van der Waals surface area contributed by atoms with E-state index >= 15 is 0 Å². The van der Waals surface area contributed by atoms with Gasteiger partial charge in [-0.25, -0.2) is 19.2 Å². The Kier molecular flexibility index (Phi) is 3.66. The lowest BCUT2D eigenvalue weighted by Crippen LogP contribution is -1.98. The van der Waals surface area contributed by atoms with Crippen molar-refractivity contribution in [3.63, 3.8) is 0 Å². The maximum absolute atomic E-state index is 10.3. The Hall–Kier alpha value is -3.65. The maximum Gasteiger partial charge on any atom is 0.185 e. The molecule has 0 spiro atoms.